The number of fused-ring (bicyclic) bond motifs is 2. The summed E-state index contributed by atoms with van der Waals surface area (Å²) < 4.78 is 45.6. The van der Waals surface area contributed by atoms with Crippen LogP contribution in [0.5, 0.6) is 0 Å². The lowest BCUT2D eigenvalue weighted by atomic mass is 10.1. The number of nitrogens with zero attached hydrogens (tertiary/aromatic N) is 2. The molecule has 35 heavy (non-hydrogen) atoms. The van der Waals surface area contributed by atoms with Gasteiger partial charge in [0.25, 0.3) is 11.5 Å². The Kier molecular flexibility index (Phi) is 6.90. The number of alkyl halides is 3. The van der Waals surface area contributed by atoms with E-state index in [0.29, 0.717) is 29.7 Å². The molecule has 1 aliphatic rings. The van der Waals surface area contributed by atoms with E-state index in [9.17, 15) is 27.6 Å². The number of carbonyl (C=O) groups excluding carboxylic acids is 2. The second kappa shape index (κ2) is 9.89. The second-order valence-electron chi connectivity index (χ2n) is 8.50. The summed E-state index contributed by atoms with van der Waals surface area (Å²) in [5.74, 6) is -0.912. The van der Waals surface area contributed by atoms with Gasteiger partial charge in [0.15, 0.2) is 6.10 Å². The highest BCUT2D eigenvalue weighted by Crippen LogP contribution is 2.30. The van der Waals surface area contributed by atoms with Crippen LogP contribution in [0, 0.1) is 0 Å². The van der Waals surface area contributed by atoms with Gasteiger partial charge in [0.2, 0.25) is 0 Å². The molecule has 184 valence electrons. The predicted octanol–water partition coefficient (Wildman–Crippen LogP) is 4.72. The average Bonchev–Trinajstić information content (AvgIpc) is 2.79. The van der Waals surface area contributed by atoms with Gasteiger partial charge in [-0.25, -0.2) is 9.78 Å². The number of hydrogen-bond acceptors (Lipinski definition) is 5. The molecule has 2 aromatic carbocycles. The number of benzene rings is 2. The molecular weight excluding hydrogens is 463 g/mol. The lowest BCUT2D eigenvalue weighted by molar-refractivity contribution is -0.137. The van der Waals surface area contributed by atoms with E-state index < -0.39 is 29.7 Å². The molecule has 0 saturated carbocycles. The molecule has 4 rings (SSSR count). The van der Waals surface area contributed by atoms with Gasteiger partial charge < -0.3 is 10.1 Å². The fourth-order valence-corrected chi connectivity index (χ4v) is 4.02. The summed E-state index contributed by atoms with van der Waals surface area (Å²) in [6.45, 7) is 1.93. The van der Waals surface area contributed by atoms with Gasteiger partial charge in [-0.3, -0.25) is 14.2 Å². The molecule has 1 aromatic heterocycles. The number of aryl methyl sites for hydroxylation is 1. The van der Waals surface area contributed by atoms with Crippen LogP contribution >= 0.6 is 0 Å². The third-order valence-electron chi connectivity index (χ3n) is 5.91. The summed E-state index contributed by atoms with van der Waals surface area (Å²) in [4.78, 5) is 42.6. The molecule has 2 heterocycles. The van der Waals surface area contributed by atoms with E-state index >= 15 is 0 Å². The van der Waals surface area contributed by atoms with Gasteiger partial charge in [-0.05, 0) is 56.2 Å². The SMILES string of the molecule is CC(OC(=O)c1ccc2c(=O)n3c(nc2c1)CCCCCC3)C(=O)Nc1cccc(C(F)(F)F)c1. The summed E-state index contributed by atoms with van der Waals surface area (Å²) in [5.41, 5.74) is -0.649. The van der Waals surface area contributed by atoms with Gasteiger partial charge in [0, 0.05) is 18.7 Å². The lowest BCUT2D eigenvalue weighted by Crippen LogP contribution is -2.30. The predicted molar refractivity (Wildman–Crippen MR) is 123 cm³/mol. The number of aromatic nitrogens is 2. The van der Waals surface area contributed by atoms with Gasteiger partial charge in [0.1, 0.15) is 5.82 Å². The summed E-state index contributed by atoms with van der Waals surface area (Å²) in [7, 11) is 0. The van der Waals surface area contributed by atoms with Crippen LogP contribution in [0.3, 0.4) is 0 Å². The zero-order valence-electron chi connectivity index (χ0n) is 19.0. The molecule has 0 fully saturated rings. The highest BCUT2D eigenvalue weighted by Gasteiger charge is 2.30. The summed E-state index contributed by atoms with van der Waals surface area (Å²) in [6, 6.07) is 8.56. The Hall–Kier alpha value is -3.69. The Bertz CT molecular complexity index is 1330. The third kappa shape index (κ3) is 5.52. The Morgan fingerprint density at radius 3 is 2.63 bits per heavy atom. The van der Waals surface area contributed by atoms with Crippen molar-refractivity contribution in [3.63, 3.8) is 0 Å². The third-order valence-corrected chi connectivity index (χ3v) is 5.91. The van der Waals surface area contributed by atoms with Gasteiger partial charge in [0.05, 0.1) is 22.0 Å². The number of anilines is 1. The number of halogens is 3. The van der Waals surface area contributed by atoms with E-state index in [2.05, 4.69) is 10.3 Å². The molecule has 10 heteroatoms. The van der Waals surface area contributed by atoms with Crippen molar-refractivity contribution in [2.24, 2.45) is 0 Å². The highest BCUT2D eigenvalue weighted by molar-refractivity contribution is 5.98. The number of esters is 1. The largest absolute Gasteiger partial charge is 0.449 e. The van der Waals surface area contributed by atoms with Crippen molar-refractivity contribution in [1.29, 1.82) is 0 Å². The molecule has 0 aliphatic carbocycles. The first kappa shape index (κ1) is 24.4. The Morgan fingerprint density at radius 2 is 1.86 bits per heavy atom. The van der Waals surface area contributed by atoms with Crippen molar-refractivity contribution in [3.05, 3.63) is 69.8 Å². The van der Waals surface area contributed by atoms with Crippen LogP contribution in [0.15, 0.2) is 47.3 Å². The molecule has 1 atom stereocenters. The quantitative estimate of drug-likeness (QED) is 0.538. The fourth-order valence-electron chi connectivity index (χ4n) is 4.02. The minimum Gasteiger partial charge on any atom is -0.449 e. The summed E-state index contributed by atoms with van der Waals surface area (Å²) >= 11 is 0. The zero-order valence-corrected chi connectivity index (χ0v) is 19.0. The van der Waals surface area contributed by atoms with Gasteiger partial charge in [-0.15, -0.1) is 0 Å². The van der Waals surface area contributed by atoms with Crippen LogP contribution in [0.4, 0.5) is 18.9 Å². The van der Waals surface area contributed by atoms with Gasteiger partial charge >= 0.3 is 12.1 Å². The van der Waals surface area contributed by atoms with E-state index in [1.54, 1.807) is 4.57 Å². The molecule has 3 aromatic rings. The molecule has 0 bridgehead atoms. The summed E-state index contributed by atoms with van der Waals surface area (Å²) in [5, 5.41) is 2.71. The van der Waals surface area contributed by atoms with Crippen LogP contribution in [0.25, 0.3) is 10.9 Å². The molecule has 0 saturated heterocycles. The van der Waals surface area contributed by atoms with Crippen molar-refractivity contribution in [2.75, 3.05) is 5.32 Å². The van der Waals surface area contributed by atoms with E-state index in [4.69, 9.17) is 4.74 Å². The Labute approximate surface area is 198 Å². The molecular formula is C25H24F3N3O4. The molecule has 1 unspecified atom stereocenters. The van der Waals surface area contributed by atoms with Gasteiger partial charge in [-0.1, -0.05) is 18.9 Å². The van der Waals surface area contributed by atoms with E-state index in [1.807, 2.05) is 0 Å². The lowest BCUT2D eigenvalue weighted by Gasteiger charge is -2.17. The van der Waals surface area contributed by atoms with Crippen LogP contribution < -0.4 is 10.9 Å². The molecule has 7 nitrogen and oxygen atoms in total. The smallest absolute Gasteiger partial charge is 0.416 e. The van der Waals surface area contributed by atoms with Crippen LogP contribution in [0.1, 0.15) is 54.4 Å². The van der Waals surface area contributed by atoms with Crippen molar-refractivity contribution in [1.82, 2.24) is 9.55 Å². The fraction of sp³-hybridized carbons (Fsp3) is 0.360. The first-order chi connectivity index (χ1) is 16.6. The number of amides is 1. The number of hydrogen-bond donors (Lipinski definition) is 1. The van der Waals surface area contributed by atoms with Crippen molar-refractivity contribution in [3.8, 4) is 0 Å². The number of nitrogens with one attached hydrogen (secondary N) is 1. The van der Waals surface area contributed by atoms with E-state index in [0.717, 1.165) is 37.8 Å². The monoisotopic (exact) mass is 487 g/mol. The molecule has 0 radical (unpaired) electrons. The molecule has 1 N–H and O–H groups in total. The maximum absolute atomic E-state index is 12.9. The molecule has 1 amide bonds. The Balaban J connectivity index is 1.49. The molecule has 0 spiro atoms. The average molecular weight is 487 g/mol. The van der Waals surface area contributed by atoms with Crippen molar-refractivity contribution >= 4 is 28.5 Å². The number of rotatable bonds is 4. The van der Waals surface area contributed by atoms with Crippen LogP contribution in [-0.2, 0) is 28.7 Å². The Morgan fingerprint density at radius 1 is 1.09 bits per heavy atom. The molecule has 1 aliphatic heterocycles. The maximum Gasteiger partial charge on any atom is 0.416 e. The first-order valence-corrected chi connectivity index (χ1v) is 11.4. The highest BCUT2D eigenvalue weighted by atomic mass is 19.4. The first-order valence-electron chi connectivity index (χ1n) is 11.4. The summed E-state index contributed by atoms with van der Waals surface area (Å²) in [6.07, 6.45) is -1.18. The van der Waals surface area contributed by atoms with Crippen LogP contribution in [0.2, 0.25) is 0 Å². The van der Waals surface area contributed by atoms with Crippen molar-refractivity contribution in [2.45, 2.75) is 57.9 Å². The van der Waals surface area contributed by atoms with E-state index in [1.165, 1.54) is 37.3 Å². The normalized spacial score (nSPS) is 15.0. The standard InChI is InChI=1S/C25H24F3N3O4/c1-15(22(32)29-18-8-6-7-17(14-18)25(26,27)28)35-24(34)16-10-11-19-20(13-16)30-21-9-4-2-3-5-12-31(21)23(19)33/h6-8,10-11,13-15H,2-5,9,12H2,1H3,(H,29,32). The number of carbonyl (C=O) groups is 2. The zero-order chi connectivity index (χ0) is 25.2. The topological polar surface area (TPSA) is 90.3 Å². The van der Waals surface area contributed by atoms with E-state index in [-0.39, 0.29) is 16.8 Å². The van der Waals surface area contributed by atoms with Gasteiger partial charge in [-0.2, -0.15) is 13.2 Å². The minimum absolute atomic E-state index is 0.0698. The van der Waals surface area contributed by atoms with Crippen molar-refractivity contribution < 1.29 is 27.5 Å². The maximum atomic E-state index is 12.9. The minimum atomic E-state index is -4.55. The van der Waals surface area contributed by atoms with Crippen LogP contribution in [-0.4, -0.2) is 27.5 Å². The number of ether oxygens (including phenoxy) is 1. The second-order valence-corrected chi connectivity index (χ2v) is 8.50.